The first kappa shape index (κ1) is 12.3. The zero-order valence-electron chi connectivity index (χ0n) is 8.08. The van der Waals surface area contributed by atoms with Gasteiger partial charge in [0.1, 0.15) is 0 Å². The van der Waals surface area contributed by atoms with E-state index < -0.39 is 0 Å². The Morgan fingerprint density at radius 3 is 2.54 bits per heavy atom. The second-order valence-corrected chi connectivity index (χ2v) is 3.24. The minimum atomic E-state index is 0.0216. The SMILES string of the molecule is COCCN(CCC(N)=S)C(C)=O. The molecule has 0 aliphatic heterocycles. The first-order chi connectivity index (χ1) is 6.07. The summed E-state index contributed by atoms with van der Waals surface area (Å²) in [7, 11) is 1.60. The number of rotatable bonds is 6. The number of ether oxygens (including phenoxy) is 1. The highest BCUT2D eigenvalue weighted by Crippen LogP contribution is 1.93. The quantitative estimate of drug-likeness (QED) is 0.626. The van der Waals surface area contributed by atoms with Gasteiger partial charge in [-0.1, -0.05) is 12.2 Å². The van der Waals surface area contributed by atoms with Crippen molar-refractivity contribution < 1.29 is 9.53 Å². The van der Waals surface area contributed by atoms with Crippen LogP contribution in [0.5, 0.6) is 0 Å². The molecule has 13 heavy (non-hydrogen) atoms. The van der Waals surface area contributed by atoms with Crippen LogP contribution in [0.3, 0.4) is 0 Å². The number of nitrogens with zero attached hydrogens (tertiary/aromatic N) is 1. The van der Waals surface area contributed by atoms with Gasteiger partial charge in [0.25, 0.3) is 0 Å². The van der Waals surface area contributed by atoms with Crippen molar-refractivity contribution in [3.8, 4) is 0 Å². The number of carbonyl (C=O) groups excluding carboxylic acids is 1. The molecule has 0 radical (unpaired) electrons. The fraction of sp³-hybridized carbons (Fsp3) is 0.750. The summed E-state index contributed by atoms with van der Waals surface area (Å²) in [6.45, 7) is 3.23. The molecule has 0 aliphatic rings. The van der Waals surface area contributed by atoms with Gasteiger partial charge >= 0.3 is 0 Å². The zero-order chi connectivity index (χ0) is 10.3. The van der Waals surface area contributed by atoms with E-state index in [2.05, 4.69) is 0 Å². The smallest absolute Gasteiger partial charge is 0.219 e. The molecule has 0 aromatic carbocycles. The normalized spacial score (nSPS) is 9.69. The predicted octanol–water partition coefficient (Wildman–Crippen LogP) is 0.158. The highest BCUT2D eigenvalue weighted by atomic mass is 32.1. The largest absolute Gasteiger partial charge is 0.393 e. The lowest BCUT2D eigenvalue weighted by molar-refractivity contribution is -0.129. The maximum atomic E-state index is 11.0. The fourth-order valence-corrected chi connectivity index (χ4v) is 0.965. The Hall–Kier alpha value is -0.680. The second kappa shape index (κ2) is 6.80. The van der Waals surface area contributed by atoms with Crippen molar-refractivity contribution in [1.82, 2.24) is 4.90 Å². The van der Waals surface area contributed by atoms with Gasteiger partial charge in [0, 0.05) is 33.5 Å². The summed E-state index contributed by atoms with van der Waals surface area (Å²) in [5, 5.41) is 0. The van der Waals surface area contributed by atoms with Gasteiger partial charge < -0.3 is 15.4 Å². The Morgan fingerprint density at radius 1 is 1.54 bits per heavy atom. The Balaban J connectivity index is 3.80. The lowest BCUT2D eigenvalue weighted by Gasteiger charge is -2.19. The van der Waals surface area contributed by atoms with Gasteiger partial charge in [0.05, 0.1) is 11.6 Å². The van der Waals surface area contributed by atoms with E-state index in [0.29, 0.717) is 31.1 Å². The van der Waals surface area contributed by atoms with Gasteiger partial charge in [-0.3, -0.25) is 4.79 Å². The zero-order valence-corrected chi connectivity index (χ0v) is 8.89. The van der Waals surface area contributed by atoms with Crippen LogP contribution in [0.15, 0.2) is 0 Å². The summed E-state index contributed by atoms with van der Waals surface area (Å²) in [4.78, 5) is 13.2. The molecule has 0 heterocycles. The molecule has 76 valence electrons. The number of amides is 1. The molecule has 0 spiro atoms. The van der Waals surface area contributed by atoms with E-state index in [-0.39, 0.29) is 5.91 Å². The molecule has 4 nitrogen and oxygen atoms in total. The van der Waals surface area contributed by atoms with Crippen LogP contribution in [0.4, 0.5) is 0 Å². The molecule has 0 atom stereocenters. The molecule has 0 fully saturated rings. The molecule has 0 saturated carbocycles. The molecule has 0 aliphatic carbocycles. The van der Waals surface area contributed by atoms with Gasteiger partial charge in [0.2, 0.25) is 5.91 Å². The fourth-order valence-electron chi connectivity index (χ4n) is 0.873. The average molecular weight is 204 g/mol. The van der Waals surface area contributed by atoms with Gasteiger partial charge in [-0.25, -0.2) is 0 Å². The van der Waals surface area contributed by atoms with Gasteiger partial charge in [-0.2, -0.15) is 0 Å². The second-order valence-electron chi connectivity index (χ2n) is 2.72. The summed E-state index contributed by atoms with van der Waals surface area (Å²) in [6.07, 6.45) is 0.568. The molecule has 1 amide bonds. The van der Waals surface area contributed by atoms with Crippen molar-refractivity contribution in [2.45, 2.75) is 13.3 Å². The molecule has 0 aromatic heterocycles. The maximum absolute atomic E-state index is 11.0. The minimum absolute atomic E-state index is 0.0216. The lowest BCUT2D eigenvalue weighted by atomic mass is 10.3. The van der Waals surface area contributed by atoms with Gasteiger partial charge in [-0.15, -0.1) is 0 Å². The van der Waals surface area contributed by atoms with Crippen LogP contribution in [-0.2, 0) is 9.53 Å². The monoisotopic (exact) mass is 204 g/mol. The Labute approximate surface area is 84.0 Å². The van der Waals surface area contributed by atoms with Crippen LogP contribution in [0.2, 0.25) is 0 Å². The van der Waals surface area contributed by atoms with Crippen molar-refractivity contribution in [2.75, 3.05) is 26.8 Å². The summed E-state index contributed by atoms with van der Waals surface area (Å²) in [5.41, 5.74) is 5.33. The summed E-state index contributed by atoms with van der Waals surface area (Å²) >= 11 is 4.72. The molecular formula is C8H16N2O2S. The molecule has 0 unspecified atom stereocenters. The third-order valence-electron chi connectivity index (χ3n) is 1.64. The van der Waals surface area contributed by atoms with E-state index >= 15 is 0 Å². The minimum Gasteiger partial charge on any atom is -0.393 e. The topological polar surface area (TPSA) is 55.6 Å². The molecule has 0 aromatic rings. The highest BCUT2D eigenvalue weighted by Gasteiger charge is 2.07. The van der Waals surface area contributed by atoms with Crippen LogP contribution in [-0.4, -0.2) is 42.6 Å². The molecule has 0 bridgehead atoms. The standard InChI is InChI=1S/C8H16N2O2S/c1-7(11)10(5-6-12-2)4-3-8(9)13/h3-6H2,1-2H3,(H2,9,13). The van der Waals surface area contributed by atoms with Crippen molar-refractivity contribution in [2.24, 2.45) is 5.73 Å². The van der Waals surface area contributed by atoms with Crippen LogP contribution in [0.25, 0.3) is 0 Å². The summed E-state index contributed by atoms with van der Waals surface area (Å²) < 4.78 is 4.87. The van der Waals surface area contributed by atoms with E-state index in [9.17, 15) is 4.79 Å². The van der Waals surface area contributed by atoms with E-state index in [0.717, 1.165) is 0 Å². The Morgan fingerprint density at radius 2 is 2.15 bits per heavy atom. The highest BCUT2D eigenvalue weighted by molar-refractivity contribution is 7.80. The molecule has 0 saturated heterocycles. The first-order valence-electron chi connectivity index (χ1n) is 4.10. The van der Waals surface area contributed by atoms with E-state index in [1.54, 1.807) is 12.0 Å². The van der Waals surface area contributed by atoms with Crippen molar-refractivity contribution in [3.63, 3.8) is 0 Å². The predicted molar refractivity (Wildman–Crippen MR) is 55.5 cm³/mol. The summed E-state index contributed by atoms with van der Waals surface area (Å²) in [6, 6.07) is 0. The number of carbonyl (C=O) groups is 1. The van der Waals surface area contributed by atoms with Crippen LogP contribution in [0.1, 0.15) is 13.3 Å². The molecule has 0 rings (SSSR count). The lowest BCUT2D eigenvalue weighted by Crippen LogP contribution is -2.34. The number of hydrogen-bond acceptors (Lipinski definition) is 3. The number of nitrogens with two attached hydrogens (primary N) is 1. The summed E-state index contributed by atoms with van der Waals surface area (Å²) in [5.74, 6) is 0.0216. The van der Waals surface area contributed by atoms with Crippen LogP contribution < -0.4 is 5.73 Å². The maximum Gasteiger partial charge on any atom is 0.219 e. The number of thiocarbonyl (C=S) groups is 1. The Kier molecular flexibility index (Phi) is 6.44. The van der Waals surface area contributed by atoms with E-state index in [1.165, 1.54) is 6.92 Å². The van der Waals surface area contributed by atoms with Crippen LogP contribution in [0, 0.1) is 0 Å². The first-order valence-corrected chi connectivity index (χ1v) is 4.51. The van der Waals surface area contributed by atoms with Gasteiger partial charge in [-0.05, 0) is 0 Å². The third kappa shape index (κ3) is 6.48. The Bertz CT molecular complexity index is 185. The van der Waals surface area contributed by atoms with Gasteiger partial charge in [0.15, 0.2) is 0 Å². The van der Waals surface area contributed by atoms with Crippen molar-refractivity contribution >= 4 is 23.1 Å². The van der Waals surface area contributed by atoms with Crippen LogP contribution >= 0.6 is 12.2 Å². The number of hydrogen-bond donors (Lipinski definition) is 1. The van der Waals surface area contributed by atoms with Crippen molar-refractivity contribution in [3.05, 3.63) is 0 Å². The number of methoxy groups -OCH3 is 1. The van der Waals surface area contributed by atoms with Crippen molar-refractivity contribution in [1.29, 1.82) is 0 Å². The molecular weight excluding hydrogens is 188 g/mol. The average Bonchev–Trinajstić information content (AvgIpc) is 2.03. The third-order valence-corrected chi connectivity index (χ3v) is 1.84. The van der Waals surface area contributed by atoms with E-state index in [1.807, 2.05) is 0 Å². The van der Waals surface area contributed by atoms with E-state index in [4.69, 9.17) is 22.7 Å². The molecule has 5 heteroatoms. The molecule has 2 N–H and O–H groups in total.